The molecule has 1 aromatic rings. The van der Waals surface area contributed by atoms with E-state index in [1.807, 2.05) is 6.07 Å². The van der Waals surface area contributed by atoms with Crippen LogP contribution in [0.2, 0.25) is 0 Å². The van der Waals surface area contributed by atoms with Gasteiger partial charge in [-0.1, -0.05) is 15.9 Å². The lowest BCUT2D eigenvalue weighted by Crippen LogP contribution is -2.20. The molecule has 0 radical (unpaired) electrons. The Morgan fingerprint density at radius 2 is 2.20 bits per heavy atom. The third kappa shape index (κ3) is 1.62. The SMILES string of the molecule is COc1ccc(Br)c(C2(CN)CC2)c1O. The molecule has 2 rings (SSSR count). The predicted molar refractivity (Wildman–Crippen MR) is 62.3 cm³/mol. The van der Waals surface area contributed by atoms with Crippen LogP contribution in [0.15, 0.2) is 16.6 Å². The van der Waals surface area contributed by atoms with Gasteiger partial charge in [0.25, 0.3) is 0 Å². The minimum Gasteiger partial charge on any atom is -0.504 e. The van der Waals surface area contributed by atoms with Gasteiger partial charge in [-0.3, -0.25) is 0 Å². The van der Waals surface area contributed by atoms with Gasteiger partial charge in [0.1, 0.15) is 0 Å². The van der Waals surface area contributed by atoms with E-state index in [4.69, 9.17) is 10.5 Å². The molecule has 0 heterocycles. The van der Waals surface area contributed by atoms with Crippen LogP contribution in [0.25, 0.3) is 0 Å². The number of phenolic OH excluding ortho intramolecular Hbond substituents is 1. The Hall–Kier alpha value is -0.740. The van der Waals surface area contributed by atoms with Crippen LogP contribution in [0.1, 0.15) is 18.4 Å². The van der Waals surface area contributed by atoms with Gasteiger partial charge in [-0.05, 0) is 25.0 Å². The van der Waals surface area contributed by atoms with Crippen molar-refractivity contribution in [2.75, 3.05) is 13.7 Å². The van der Waals surface area contributed by atoms with Gasteiger partial charge in [-0.15, -0.1) is 0 Å². The average Bonchev–Trinajstić information content (AvgIpc) is 2.99. The highest BCUT2D eigenvalue weighted by Crippen LogP contribution is 2.54. The maximum atomic E-state index is 10.1. The summed E-state index contributed by atoms with van der Waals surface area (Å²) in [6, 6.07) is 3.64. The van der Waals surface area contributed by atoms with Crippen molar-refractivity contribution in [1.82, 2.24) is 0 Å². The van der Waals surface area contributed by atoms with Crippen molar-refractivity contribution in [2.45, 2.75) is 18.3 Å². The first-order valence-corrected chi connectivity index (χ1v) is 5.70. The van der Waals surface area contributed by atoms with Crippen molar-refractivity contribution in [3.63, 3.8) is 0 Å². The molecule has 1 saturated carbocycles. The minimum atomic E-state index is -0.0442. The van der Waals surface area contributed by atoms with Crippen molar-refractivity contribution in [3.05, 3.63) is 22.2 Å². The zero-order valence-corrected chi connectivity index (χ0v) is 10.2. The van der Waals surface area contributed by atoms with Crippen LogP contribution in [-0.4, -0.2) is 18.8 Å². The zero-order chi connectivity index (χ0) is 11.1. The third-order valence-corrected chi connectivity index (χ3v) is 3.75. The highest BCUT2D eigenvalue weighted by atomic mass is 79.9. The second-order valence-corrected chi connectivity index (χ2v) is 4.81. The normalized spacial score (nSPS) is 17.5. The first-order valence-electron chi connectivity index (χ1n) is 4.90. The predicted octanol–water partition coefficient (Wildman–Crippen LogP) is 2.15. The molecule has 1 fully saturated rings. The van der Waals surface area contributed by atoms with Gasteiger partial charge in [0.2, 0.25) is 0 Å². The maximum absolute atomic E-state index is 10.1. The Labute approximate surface area is 97.4 Å². The molecule has 1 aliphatic carbocycles. The van der Waals surface area contributed by atoms with E-state index < -0.39 is 0 Å². The van der Waals surface area contributed by atoms with Crippen LogP contribution in [0.4, 0.5) is 0 Å². The number of aromatic hydroxyl groups is 1. The molecule has 3 nitrogen and oxygen atoms in total. The molecule has 4 heteroatoms. The number of rotatable bonds is 3. The number of phenols is 1. The van der Waals surface area contributed by atoms with Gasteiger partial charge in [0.05, 0.1) is 7.11 Å². The maximum Gasteiger partial charge on any atom is 0.162 e. The zero-order valence-electron chi connectivity index (χ0n) is 8.59. The van der Waals surface area contributed by atoms with Gasteiger partial charge >= 0.3 is 0 Å². The molecule has 82 valence electrons. The summed E-state index contributed by atoms with van der Waals surface area (Å²) >= 11 is 3.46. The number of benzene rings is 1. The standard InChI is InChI=1S/C11H14BrNO2/c1-15-8-3-2-7(12)9(10(8)14)11(6-13)4-5-11/h2-3,14H,4-6,13H2,1H3. The molecule has 0 saturated heterocycles. The first-order chi connectivity index (χ1) is 7.14. The minimum absolute atomic E-state index is 0.0442. The van der Waals surface area contributed by atoms with E-state index in [0.29, 0.717) is 12.3 Å². The molecule has 0 aliphatic heterocycles. The van der Waals surface area contributed by atoms with Gasteiger partial charge in [0.15, 0.2) is 11.5 Å². The molecule has 0 spiro atoms. The topological polar surface area (TPSA) is 55.5 Å². The summed E-state index contributed by atoms with van der Waals surface area (Å²) in [5.74, 6) is 0.725. The summed E-state index contributed by atoms with van der Waals surface area (Å²) < 4.78 is 6.00. The lowest BCUT2D eigenvalue weighted by Gasteiger charge is -2.18. The molecule has 0 amide bonds. The molecule has 3 N–H and O–H groups in total. The Morgan fingerprint density at radius 3 is 2.67 bits per heavy atom. The fourth-order valence-electron chi connectivity index (χ4n) is 1.92. The van der Waals surface area contributed by atoms with Crippen LogP contribution in [-0.2, 0) is 5.41 Å². The number of ether oxygens (including phenoxy) is 1. The second kappa shape index (κ2) is 3.68. The smallest absolute Gasteiger partial charge is 0.162 e. The number of hydrogen-bond acceptors (Lipinski definition) is 3. The van der Waals surface area contributed by atoms with Crippen molar-refractivity contribution in [3.8, 4) is 11.5 Å². The number of hydrogen-bond donors (Lipinski definition) is 2. The highest BCUT2D eigenvalue weighted by Gasteiger charge is 2.46. The fourth-order valence-corrected chi connectivity index (χ4v) is 2.66. The van der Waals surface area contributed by atoms with Gasteiger partial charge in [0, 0.05) is 22.0 Å². The van der Waals surface area contributed by atoms with Gasteiger partial charge in [-0.25, -0.2) is 0 Å². The van der Waals surface area contributed by atoms with Crippen molar-refractivity contribution in [2.24, 2.45) is 5.73 Å². The van der Waals surface area contributed by atoms with Crippen molar-refractivity contribution < 1.29 is 9.84 Å². The largest absolute Gasteiger partial charge is 0.504 e. The summed E-state index contributed by atoms with van der Waals surface area (Å²) in [5.41, 5.74) is 6.61. The molecule has 15 heavy (non-hydrogen) atoms. The van der Waals surface area contributed by atoms with Crippen LogP contribution < -0.4 is 10.5 Å². The molecule has 0 bridgehead atoms. The van der Waals surface area contributed by atoms with Crippen LogP contribution in [0.3, 0.4) is 0 Å². The number of nitrogens with two attached hydrogens (primary N) is 1. The molecule has 1 aliphatic rings. The van der Waals surface area contributed by atoms with Crippen molar-refractivity contribution >= 4 is 15.9 Å². The van der Waals surface area contributed by atoms with Crippen LogP contribution in [0.5, 0.6) is 11.5 Å². The molecular formula is C11H14BrNO2. The molecule has 1 aromatic carbocycles. The molecule has 0 atom stereocenters. The quantitative estimate of drug-likeness (QED) is 0.886. The van der Waals surface area contributed by atoms with Crippen LogP contribution >= 0.6 is 15.9 Å². The number of halogens is 1. The van der Waals surface area contributed by atoms with E-state index in [-0.39, 0.29) is 11.2 Å². The van der Waals surface area contributed by atoms with Gasteiger partial charge < -0.3 is 15.6 Å². The Bertz CT molecular complexity index is 388. The highest BCUT2D eigenvalue weighted by molar-refractivity contribution is 9.10. The van der Waals surface area contributed by atoms with Crippen LogP contribution in [0, 0.1) is 0 Å². The average molecular weight is 272 g/mol. The Kier molecular flexibility index (Phi) is 2.64. The Balaban J connectivity index is 2.54. The summed E-state index contributed by atoms with van der Waals surface area (Å²) in [5, 5.41) is 10.1. The first kappa shape index (κ1) is 10.8. The van der Waals surface area contributed by atoms with E-state index in [0.717, 1.165) is 22.9 Å². The summed E-state index contributed by atoms with van der Waals surface area (Å²) in [6.07, 6.45) is 2.06. The lowest BCUT2D eigenvalue weighted by atomic mass is 9.95. The fraction of sp³-hybridized carbons (Fsp3) is 0.455. The summed E-state index contributed by atoms with van der Waals surface area (Å²) in [4.78, 5) is 0. The number of methoxy groups -OCH3 is 1. The van der Waals surface area contributed by atoms with Crippen molar-refractivity contribution in [1.29, 1.82) is 0 Å². The van der Waals surface area contributed by atoms with E-state index in [2.05, 4.69) is 15.9 Å². The van der Waals surface area contributed by atoms with E-state index in [1.165, 1.54) is 0 Å². The molecule has 0 aromatic heterocycles. The monoisotopic (exact) mass is 271 g/mol. The third-order valence-electron chi connectivity index (χ3n) is 3.08. The Morgan fingerprint density at radius 1 is 1.53 bits per heavy atom. The summed E-state index contributed by atoms with van der Waals surface area (Å²) in [6.45, 7) is 0.562. The molecule has 0 unspecified atom stereocenters. The van der Waals surface area contributed by atoms with E-state index in [1.54, 1.807) is 13.2 Å². The van der Waals surface area contributed by atoms with Gasteiger partial charge in [-0.2, -0.15) is 0 Å². The van der Waals surface area contributed by atoms with E-state index in [9.17, 15) is 5.11 Å². The second-order valence-electron chi connectivity index (χ2n) is 3.96. The molecular weight excluding hydrogens is 258 g/mol. The van der Waals surface area contributed by atoms with E-state index >= 15 is 0 Å². The summed E-state index contributed by atoms with van der Waals surface area (Å²) in [7, 11) is 1.55. The lowest BCUT2D eigenvalue weighted by molar-refractivity contribution is 0.367.